The number of fused-ring (bicyclic) bond motifs is 2. The highest BCUT2D eigenvalue weighted by Crippen LogP contribution is 2.35. The number of pyridine rings is 4. The van der Waals surface area contributed by atoms with Crippen LogP contribution in [0.4, 0.5) is 11.4 Å². The highest BCUT2D eigenvalue weighted by molar-refractivity contribution is 5.96. The van der Waals surface area contributed by atoms with Gasteiger partial charge in [-0.25, -0.2) is 0 Å². The molecule has 2 aliphatic rings. The number of hydrogen-bond donors (Lipinski definition) is 2. The monoisotopic (exact) mass is 678 g/mol. The lowest BCUT2D eigenvalue weighted by atomic mass is 9.92. The maximum atomic E-state index is 12.4. The number of methoxy groups -OCH3 is 2. The number of rotatable bonds is 6. The van der Waals surface area contributed by atoms with Gasteiger partial charge in [0.05, 0.1) is 51.7 Å². The van der Waals surface area contributed by atoms with Crippen LogP contribution in [0.15, 0.2) is 40.7 Å². The first-order valence-electron chi connectivity index (χ1n) is 16.9. The summed E-state index contributed by atoms with van der Waals surface area (Å²) in [5.41, 5.74) is 4.52. The van der Waals surface area contributed by atoms with E-state index in [1.807, 2.05) is 19.1 Å². The van der Waals surface area contributed by atoms with E-state index in [-0.39, 0.29) is 39.4 Å². The molecule has 0 amide bonds. The molecule has 2 aliphatic heterocycles. The molecule has 0 unspecified atom stereocenters. The SMILES string of the molecule is C=C(C)c1cc2c(N3CCC(C)(OC)CC3)c(C#N)c(=O)[nH]c2cn1.COC1(C)CCN(c2c(C#N)c(=O)[nH]c3cnc(C(C)C)cc23)CC1. The van der Waals surface area contributed by atoms with E-state index in [1.165, 1.54) is 0 Å². The summed E-state index contributed by atoms with van der Waals surface area (Å²) in [5, 5.41) is 20.9. The first-order chi connectivity index (χ1) is 23.8. The van der Waals surface area contributed by atoms with Gasteiger partial charge in [-0.1, -0.05) is 20.4 Å². The maximum Gasteiger partial charge on any atom is 0.268 e. The molecule has 50 heavy (non-hydrogen) atoms. The molecule has 2 N–H and O–H groups in total. The zero-order chi connectivity index (χ0) is 36.4. The Balaban J connectivity index is 0.000000194. The van der Waals surface area contributed by atoms with Gasteiger partial charge in [-0.15, -0.1) is 0 Å². The summed E-state index contributed by atoms with van der Waals surface area (Å²) in [4.78, 5) is 43.3. The van der Waals surface area contributed by atoms with Crippen molar-refractivity contribution in [1.29, 1.82) is 10.5 Å². The van der Waals surface area contributed by atoms with E-state index in [1.54, 1.807) is 26.6 Å². The van der Waals surface area contributed by atoms with E-state index in [0.717, 1.165) is 85.3 Å². The Labute approximate surface area is 292 Å². The van der Waals surface area contributed by atoms with Crippen LogP contribution in [0.3, 0.4) is 0 Å². The molecule has 2 saturated heterocycles. The molecule has 0 radical (unpaired) electrons. The minimum absolute atomic E-state index is 0.146. The third-order valence-corrected chi connectivity index (χ3v) is 10.3. The Bertz CT molecular complexity index is 2120. The zero-order valence-corrected chi connectivity index (χ0v) is 30.1. The molecule has 12 nitrogen and oxygen atoms in total. The number of hydrogen-bond acceptors (Lipinski definition) is 10. The Morgan fingerprint density at radius 2 is 1.24 bits per heavy atom. The number of nitriles is 2. The number of piperidine rings is 2. The van der Waals surface area contributed by atoms with Crippen molar-refractivity contribution in [2.45, 2.75) is 77.4 Å². The highest BCUT2D eigenvalue weighted by Gasteiger charge is 2.33. The normalized spacial score (nSPS) is 16.8. The standard InChI is InChI=1S/C19H24N4O2.C19H22N4O2/c2*1-12(2)15-9-13-16(11-21-15)22-18(24)14(10-20)17(13)23-7-5-19(3,25-4)6-8-23/h9,11-12H,5-8H2,1-4H3,(H,22,24);9,11H,1,5-8H2,2-4H3,(H,22,24). The number of aromatic nitrogens is 4. The lowest BCUT2D eigenvalue weighted by Gasteiger charge is -2.40. The van der Waals surface area contributed by atoms with E-state index in [9.17, 15) is 20.1 Å². The largest absolute Gasteiger partial charge is 0.378 e. The van der Waals surface area contributed by atoms with Crippen molar-refractivity contribution < 1.29 is 9.47 Å². The molecule has 4 aromatic rings. The van der Waals surface area contributed by atoms with Crippen molar-refractivity contribution >= 4 is 38.8 Å². The number of aromatic amines is 2. The predicted molar refractivity (Wildman–Crippen MR) is 197 cm³/mol. The fraction of sp³-hybridized carbons (Fsp3) is 0.474. The smallest absolute Gasteiger partial charge is 0.268 e. The van der Waals surface area contributed by atoms with Crippen molar-refractivity contribution in [3.8, 4) is 12.1 Å². The Kier molecular flexibility index (Phi) is 10.5. The van der Waals surface area contributed by atoms with Crippen LogP contribution in [0.1, 0.15) is 88.7 Å². The summed E-state index contributed by atoms with van der Waals surface area (Å²) in [6, 6.07) is 8.07. The topological polar surface area (TPSA) is 164 Å². The van der Waals surface area contributed by atoms with Crippen molar-refractivity contribution in [1.82, 2.24) is 19.9 Å². The molecule has 6 heterocycles. The van der Waals surface area contributed by atoms with Gasteiger partial charge in [0.1, 0.15) is 23.3 Å². The molecule has 262 valence electrons. The average Bonchev–Trinajstić information content (AvgIpc) is 3.11. The van der Waals surface area contributed by atoms with Gasteiger partial charge in [0.15, 0.2) is 0 Å². The van der Waals surface area contributed by atoms with Crippen LogP contribution in [0.5, 0.6) is 0 Å². The van der Waals surface area contributed by atoms with E-state index < -0.39 is 0 Å². The summed E-state index contributed by atoms with van der Waals surface area (Å²) in [6.07, 6.45) is 6.70. The van der Waals surface area contributed by atoms with Crippen molar-refractivity contribution in [2.24, 2.45) is 0 Å². The average molecular weight is 679 g/mol. The van der Waals surface area contributed by atoms with Crippen LogP contribution in [0.25, 0.3) is 27.4 Å². The first kappa shape index (κ1) is 36.2. The van der Waals surface area contributed by atoms with Crippen LogP contribution in [-0.4, -0.2) is 71.5 Å². The second-order valence-electron chi connectivity index (χ2n) is 14.1. The summed E-state index contributed by atoms with van der Waals surface area (Å²) in [6.45, 7) is 17.1. The second kappa shape index (κ2) is 14.4. The molecular weight excluding hydrogens is 632 g/mol. The summed E-state index contributed by atoms with van der Waals surface area (Å²) in [7, 11) is 3.46. The summed E-state index contributed by atoms with van der Waals surface area (Å²) >= 11 is 0. The third kappa shape index (κ3) is 7.14. The van der Waals surface area contributed by atoms with Crippen LogP contribution >= 0.6 is 0 Å². The number of H-pyrrole nitrogens is 2. The quantitative estimate of drug-likeness (QED) is 0.256. The van der Waals surface area contributed by atoms with Crippen molar-refractivity contribution in [2.75, 3.05) is 50.2 Å². The van der Waals surface area contributed by atoms with Crippen LogP contribution in [0, 0.1) is 22.7 Å². The van der Waals surface area contributed by atoms with Gasteiger partial charge in [-0.2, -0.15) is 10.5 Å². The maximum absolute atomic E-state index is 12.4. The van der Waals surface area contributed by atoms with E-state index in [4.69, 9.17) is 9.47 Å². The van der Waals surface area contributed by atoms with Crippen molar-refractivity contribution in [3.05, 3.63) is 74.3 Å². The van der Waals surface area contributed by atoms with E-state index >= 15 is 0 Å². The molecule has 0 aliphatic carbocycles. The van der Waals surface area contributed by atoms with Gasteiger partial charge in [-0.05, 0) is 70.1 Å². The molecule has 2 fully saturated rings. The predicted octanol–water partition coefficient (Wildman–Crippen LogP) is 5.76. The lowest BCUT2D eigenvalue weighted by Crippen LogP contribution is -2.44. The third-order valence-electron chi connectivity index (χ3n) is 10.3. The number of allylic oxidation sites excluding steroid dienone is 1. The van der Waals surface area contributed by atoms with Gasteiger partial charge in [-0.3, -0.25) is 19.6 Å². The van der Waals surface area contributed by atoms with Crippen molar-refractivity contribution in [3.63, 3.8) is 0 Å². The van der Waals surface area contributed by atoms with Crippen LogP contribution in [-0.2, 0) is 9.47 Å². The molecule has 0 saturated carbocycles. The molecular formula is C38H46N8O4. The van der Waals surface area contributed by atoms with Gasteiger partial charge >= 0.3 is 0 Å². The lowest BCUT2D eigenvalue weighted by molar-refractivity contribution is -0.0134. The van der Waals surface area contributed by atoms with Gasteiger partial charge in [0.25, 0.3) is 11.1 Å². The Hall–Kier alpha value is -5.04. The van der Waals surface area contributed by atoms with Gasteiger partial charge < -0.3 is 29.2 Å². The van der Waals surface area contributed by atoms with Crippen LogP contribution < -0.4 is 20.9 Å². The first-order valence-corrected chi connectivity index (χ1v) is 16.9. The van der Waals surface area contributed by atoms with Crippen LogP contribution in [0.2, 0.25) is 0 Å². The van der Waals surface area contributed by atoms with E-state index in [0.29, 0.717) is 16.7 Å². The Morgan fingerprint density at radius 3 is 1.62 bits per heavy atom. The number of nitrogens with zero attached hydrogens (tertiary/aromatic N) is 6. The highest BCUT2D eigenvalue weighted by atomic mass is 16.5. The fourth-order valence-corrected chi connectivity index (χ4v) is 6.60. The molecule has 0 atom stereocenters. The molecule has 4 aromatic heterocycles. The Morgan fingerprint density at radius 1 is 0.820 bits per heavy atom. The molecule has 6 rings (SSSR count). The summed E-state index contributed by atoms with van der Waals surface area (Å²) in [5.74, 6) is 0.271. The number of nitrogens with one attached hydrogen (secondary N) is 2. The molecule has 0 aromatic carbocycles. The number of ether oxygens (including phenoxy) is 2. The van der Waals surface area contributed by atoms with Gasteiger partial charge in [0, 0.05) is 56.9 Å². The zero-order valence-electron chi connectivity index (χ0n) is 30.1. The second-order valence-corrected chi connectivity index (χ2v) is 14.1. The number of anilines is 2. The molecule has 0 bridgehead atoms. The van der Waals surface area contributed by atoms with E-state index in [2.05, 4.69) is 76.1 Å². The minimum atomic E-state index is -0.380. The molecule has 12 heteroatoms. The molecule has 0 spiro atoms. The summed E-state index contributed by atoms with van der Waals surface area (Å²) < 4.78 is 11.2. The fourth-order valence-electron chi connectivity index (χ4n) is 6.60. The minimum Gasteiger partial charge on any atom is -0.378 e. The van der Waals surface area contributed by atoms with Gasteiger partial charge in [0.2, 0.25) is 0 Å².